The normalized spacial score (nSPS) is 10.1. The summed E-state index contributed by atoms with van der Waals surface area (Å²) in [5, 5.41) is 12.0. The highest BCUT2D eigenvalue weighted by Gasteiger charge is 2.11. The van der Waals surface area contributed by atoms with Crippen molar-refractivity contribution in [1.29, 1.82) is 5.26 Å². The maximum absolute atomic E-state index is 11.9. The van der Waals surface area contributed by atoms with Crippen LogP contribution in [-0.2, 0) is 11.2 Å². The van der Waals surface area contributed by atoms with Crippen molar-refractivity contribution in [3.8, 4) is 6.07 Å². The van der Waals surface area contributed by atoms with E-state index in [2.05, 4.69) is 31.2 Å². The lowest BCUT2D eigenvalue weighted by molar-refractivity contribution is -0.113. The Morgan fingerprint density at radius 2 is 2.13 bits per heavy atom. The largest absolute Gasteiger partial charge is 0.325 e. The highest BCUT2D eigenvalue weighted by atomic mass is 79.9. The molecular weight excluding hydrogens is 380 g/mol. The van der Waals surface area contributed by atoms with E-state index in [4.69, 9.17) is 5.26 Å². The summed E-state index contributed by atoms with van der Waals surface area (Å²) in [7, 11) is 0. The van der Waals surface area contributed by atoms with E-state index in [-0.39, 0.29) is 17.2 Å². The summed E-state index contributed by atoms with van der Waals surface area (Å²) in [4.78, 5) is 30.4. The second kappa shape index (κ2) is 7.94. The van der Waals surface area contributed by atoms with Gasteiger partial charge in [-0.2, -0.15) is 5.26 Å². The molecule has 0 saturated carbocycles. The first-order chi connectivity index (χ1) is 11.0. The summed E-state index contributed by atoms with van der Waals surface area (Å²) in [5.41, 5.74) is 0.674. The number of aryl methyl sites for hydroxylation is 1. The third kappa shape index (κ3) is 4.68. The standard InChI is InChI=1S/C15H13BrN4O2S/c1-2-12-11(7-17)14(22)20-15(19-12)23-8-13(21)18-10-5-3-9(16)4-6-10/h3-6H,2,8H2,1H3,(H,18,21)(H,19,20,22). The number of aromatic amines is 1. The van der Waals surface area contributed by atoms with Crippen LogP contribution in [0.2, 0.25) is 0 Å². The van der Waals surface area contributed by atoms with E-state index < -0.39 is 5.56 Å². The van der Waals surface area contributed by atoms with Gasteiger partial charge in [0.15, 0.2) is 5.16 Å². The van der Waals surface area contributed by atoms with Gasteiger partial charge in [-0.05, 0) is 30.7 Å². The topological polar surface area (TPSA) is 98.6 Å². The summed E-state index contributed by atoms with van der Waals surface area (Å²) >= 11 is 4.44. The molecule has 0 spiro atoms. The number of hydrogen-bond acceptors (Lipinski definition) is 5. The fraction of sp³-hybridized carbons (Fsp3) is 0.200. The maximum atomic E-state index is 11.9. The average Bonchev–Trinajstić information content (AvgIpc) is 2.54. The fourth-order valence-corrected chi connectivity index (χ4v) is 2.74. The Labute approximate surface area is 145 Å². The number of rotatable bonds is 5. The van der Waals surface area contributed by atoms with Gasteiger partial charge in [-0.1, -0.05) is 34.6 Å². The van der Waals surface area contributed by atoms with Crippen molar-refractivity contribution >= 4 is 39.3 Å². The molecule has 0 unspecified atom stereocenters. The van der Waals surface area contributed by atoms with Crippen molar-refractivity contribution in [2.24, 2.45) is 0 Å². The Hall–Kier alpha value is -2.11. The maximum Gasteiger partial charge on any atom is 0.269 e. The van der Waals surface area contributed by atoms with Crippen molar-refractivity contribution in [2.45, 2.75) is 18.5 Å². The van der Waals surface area contributed by atoms with Crippen LogP contribution in [0.5, 0.6) is 0 Å². The van der Waals surface area contributed by atoms with Crippen molar-refractivity contribution < 1.29 is 4.79 Å². The molecule has 0 aliphatic rings. The van der Waals surface area contributed by atoms with Gasteiger partial charge in [0.2, 0.25) is 5.91 Å². The van der Waals surface area contributed by atoms with E-state index in [0.29, 0.717) is 23.0 Å². The van der Waals surface area contributed by atoms with Crippen molar-refractivity contribution in [1.82, 2.24) is 9.97 Å². The molecule has 1 aromatic carbocycles. The van der Waals surface area contributed by atoms with Gasteiger partial charge in [0.1, 0.15) is 11.6 Å². The van der Waals surface area contributed by atoms with Crippen LogP contribution >= 0.6 is 27.7 Å². The second-order valence-corrected chi connectivity index (χ2v) is 6.38. The Bertz CT molecular complexity index is 812. The average molecular weight is 393 g/mol. The van der Waals surface area contributed by atoms with Crippen LogP contribution in [0.1, 0.15) is 18.2 Å². The molecule has 0 atom stereocenters. The molecule has 8 heteroatoms. The van der Waals surface area contributed by atoms with E-state index in [1.54, 1.807) is 12.1 Å². The number of nitrogens with zero attached hydrogens (tertiary/aromatic N) is 2. The van der Waals surface area contributed by atoms with Crippen LogP contribution in [0.3, 0.4) is 0 Å². The predicted molar refractivity (Wildman–Crippen MR) is 92.4 cm³/mol. The molecule has 118 valence electrons. The number of carbonyl (C=O) groups is 1. The SMILES string of the molecule is CCc1nc(SCC(=O)Nc2ccc(Br)cc2)[nH]c(=O)c1C#N. The molecule has 0 saturated heterocycles. The number of nitrogens with one attached hydrogen (secondary N) is 2. The van der Waals surface area contributed by atoms with E-state index in [0.717, 1.165) is 16.2 Å². The second-order valence-electron chi connectivity index (χ2n) is 4.50. The molecular formula is C15H13BrN4O2S. The molecule has 0 aliphatic heterocycles. The van der Waals surface area contributed by atoms with E-state index >= 15 is 0 Å². The molecule has 1 amide bonds. The quantitative estimate of drug-likeness (QED) is 0.601. The summed E-state index contributed by atoms with van der Waals surface area (Å²) in [6.07, 6.45) is 0.478. The summed E-state index contributed by atoms with van der Waals surface area (Å²) in [6.45, 7) is 1.82. The predicted octanol–water partition coefficient (Wildman–Crippen LogP) is 2.70. The smallest absolute Gasteiger partial charge is 0.269 e. The van der Waals surface area contributed by atoms with Gasteiger partial charge in [0, 0.05) is 10.2 Å². The summed E-state index contributed by atoms with van der Waals surface area (Å²) in [6, 6.07) is 9.07. The number of hydrogen-bond donors (Lipinski definition) is 2. The third-order valence-corrected chi connectivity index (χ3v) is 4.29. The number of H-pyrrole nitrogens is 1. The number of nitriles is 1. The highest BCUT2D eigenvalue weighted by molar-refractivity contribution is 9.10. The minimum atomic E-state index is -0.477. The summed E-state index contributed by atoms with van der Waals surface area (Å²) in [5.74, 6) is -0.101. The number of halogens is 1. The van der Waals surface area contributed by atoms with Gasteiger partial charge >= 0.3 is 0 Å². The van der Waals surface area contributed by atoms with E-state index in [9.17, 15) is 9.59 Å². The van der Waals surface area contributed by atoms with Gasteiger partial charge in [0.25, 0.3) is 5.56 Å². The number of benzene rings is 1. The van der Waals surface area contributed by atoms with E-state index in [1.165, 1.54) is 0 Å². The first-order valence-electron chi connectivity index (χ1n) is 6.75. The van der Waals surface area contributed by atoms with Gasteiger partial charge in [0.05, 0.1) is 11.4 Å². The Balaban J connectivity index is 2.02. The van der Waals surface area contributed by atoms with Crippen LogP contribution in [-0.4, -0.2) is 21.6 Å². The third-order valence-electron chi connectivity index (χ3n) is 2.89. The molecule has 23 heavy (non-hydrogen) atoms. The molecule has 0 fully saturated rings. The molecule has 2 aromatic rings. The minimum absolute atomic E-state index is 0.0242. The molecule has 1 heterocycles. The first-order valence-corrected chi connectivity index (χ1v) is 8.53. The molecule has 2 rings (SSSR count). The molecule has 1 aromatic heterocycles. The number of aromatic nitrogens is 2. The Morgan fingerprint density at radius 3 is 2.74 bits per heavy atom. The van der Waals surface area contributed by atoms with Crippen LogP contribution in [0.15, 0.2) is 38.7 Å². The minimum Gasteiger partial charge on any atom is -0.325 e. The molecule has 6 nitrogen and oxygen atoms in total. The monoisotopic (exact) mass is 392 g/mol. The fourth-order valence-electron chi connectivity index (χ4n) is 1.80. The Kier molecular flexibility index (Phi) is 5.96. The lowest BCUT2D eigenvalue weighted by Crippen LogP contribution is -2.18. The first kappa shape index (κ1) is 17.2. The van der Waals surface area contributed by atoms with Gasteiger partial charge in [-0.25, -0.2) is 4.98 Å². The Morgan fingerprint density at radius 1 is 1.43 bits per heavy atom. The van der Waals surface area contributed by atoms with Crippen LogP contribution in [0.4, 0.5) is 5.69 Å². The summed E-state index contributed by atoms with van der Waals surface area (Å²) < 4.78 is 0.927. The number of amides is 1. The zero-order valence-electron chi connectivity index (χ0n) is 12.2. The van der Waals surface area contributed by atoms with Gasteiger partial charge < -0.3 is 10.3 Å². The number of thioether (sulfide) groups is 1. The molecule has 0 bridgehead atoms. The molecule has 0 radical (unpaired) electrons. The van der Waals surface area contributed by atoms with Crippen LogP contribution < -0.4 is 10.9 Å². The van der Waals surface area contributed by atoms with Crippen molar-refractivity contribution in [2.75, 3.05) is 11.1 Å². The van der Waals surface area contributed by atoms with Crippen LogP contribution in [0, 0.1) is 11.3 Å². The molecule has 2 N–H and O–H groups in total. The lowest BCUT2D eigenvalue weighted by atomic mass is 10.2. The van der Waals surface area contributed by atoms with Crippen molar-refractivity contribution in [3.05, 3.63) is 50.3 Å². The lowest BCUT2D eigenvalue weighted by Gasteiger charge is -2.06. The van der Waals surface area contributed by atoms with Crippen LogP contribution in [0.25, 0.3) is 0 Å². The highest BCUT2D eigenvalue weighted by Crippen LogP contribution is 2.16. The van der Waals surface area contributed by atoms with Gasteiger partial charge in [-0.3, -0.25) is 9.59 Å². The van der Waals surface area contributed by atoms with Gasteiger partial charge in [-0.15, -0.1) is 0 Å². The number of anilines is 1. The molecule has 0 aliphatic carbocycles. The van der Waals surface area contributed by atoms with E-state index in [1.807, 2.05) is 25.1 Å². The van der Waals surface area contributed by atoms with Crippen molar-refractivity contribution in [3.63, 3.8) is 0 Å². The number of carbonyl (C=O) groups excluding carboxylic acids is 1. The zero-order chi connectivity index (χ0) is 16.8. The zero-order valence-corrected chi connectivity index (χ0v) is 14.6.